The summed E-state index contributed by atoms with van der Waals surface area (Å²) < 4.78 is 6.58. The van der Waals surface area contributed by atoms with Crippen LogP contribution < -0.4 is 11.1 Å². The molecule has 1 aromatic carbocycles. The third kappa shape index (κ3) is 3.10. The van der Waals surface area contributed by atoms with Crippen LogP contribution >= 0.6 is 15.9 Å². The van der Waals surface area contributed by atoms with E-state index in [1.165, 1.54) is 0 Å². The third-order valence-electron chi connectivity index (χ3n) is 3.09. The molecule has 1 aliphatic heterocycles. The fraction of sp³-hybridized carbons (Fsp3) is 0.462. The number of aryl methyl sites for hydroxylation is 1. The maximum absolute atomic E-state index is 12.0. The van der Waals surface area contributed by atoms with Crippen molar-refractivity contribution in [1.82, 2.24) is 0 Å². The van der Waals surface area contributed by atoms with Crippen molar-refractivity contribution in [3.05, 3.63) is 28.2 Å². The maximum Gasteiger partial charge on any atom is 0.253 e. The molecule has 2 unspecified atom stereocenters. The van der Waals surface area contributed by atoms with Gasteiger partial charge in [-0.05, 0) is 43.5 Å². The Morgan fingerprint density at radius 2 is 2.33 bits per heavy atom. The minimum Gasteiger partial charge on any atom is -0.364 e. The second kappa shape index (κ2) is 5.82. The minimum atomic E-state index is -0.373. The highest BCUT2D eigenvalue weighted by Crippen LogP contribution is 2.23. The molecule has 1 saturated heterocycles. The van der Waals surface area contributed by atoms with Crippen LogP contribution in [0.3, 0.4) is 0 Å². The number of rotatable bonds is 3. The number of carbonyl (C=O) groups is 1. The van der Waals surface area contributed by atoms with Gasteiger partial charge in [0.05, 0.1) is 6.10 Å². The molecule has 18 heavy (non-hydrogen) atoms. The van der Waals surface area contributed by atoms with E-state index in [2.05, 4.69) is 21.2 Å². The van der Waals surface area contributed by atoms with Crippen molar-refractivity contribution >= 4 is 27.5 Å². The predicted octanol–water partition coefficient (Wildman–Crippen LogP) is 2.20. The molecule has 0 spiro atoms. The lowest BCUT2D eigenvalue weighted by molar-refractivity contribution is -0.126. The topological polar surface area (TPSA) is 64.4 Å². The molecule has 1 amide bonds. The van der Waals surface area contributed by atoms with Crippen LogP contribution in [-0.4, -0.2) is 24.7 Å². The van der Waals surface area contributed by atoms with E-state index in [1.54, 1.807) is 0 Å². The number of amides is 1. The second-order valence-electron chi connectivity index (χ2n) is 4.51. The molecule has 5 heteroatoms. The molecular formula is C13H17BrN2O2. The van der Waals surface area contributed by atoms with Gasteiger partial charge in [-0.25, -0.2) is 0 Å². The lowest BCUT2D eigenvalue weighted by atomic mass is 10.1. The van der Waals surface area contributed by atoms with Gasteiger partial charge in [-0.2, -0.15) is 0 Å². The third-order valence-corrected chi connectivity index (χ3v) is 3.98. The molecule has 0 saturated carbocycles. The summed E-state index contributed by atoms with van der Waals surface area (Å²) in [6, 6.07) is 5.71. The first-order valence-corrected chi connectivity index (χ1v) is 6.82. The van der Waals surface area contributed by atoms with Crippen molar-refractivity contribution in [3.8, 4) is 0 Å². The molecule has 1 aliphatic rings. The van der Waals surface area contributed by atoms with Gasteiger partial charge in [-0.3, -0.25) is 4.79 Å². The van der Waals surface area contributed by atoms with E-state index in [0.717, 1.165) is 28.6 Å². The van der Waals surface area contributed by atoms with Crippen LogP contribution in [0.1, 0.15) is 18.4 Å². The van der Waals surface area contributed by atoms with Crippen molar-refractivity contribution in [1.29, 1.82) is 0 Å². The number of hydrogen-bond donors (Lipinski definition) is 2. The van der Waals surface area contributed by atoms with Crippen LogP contribution in [0.5, 0.6) is 0 Å². The van der Waals surface area contributed by atoms with Crippen molar-refractivity contribution in [3.63, 3.8) is 0 Å². The van der Waals surface area contributed by atoms with Gasteiger partial charge in [-0.1, -0.05) is 15.9 Å². The van der Waals surface area contributed by atoms with E-state index in [9.17, 15) is 4.79 Å². The van der Waals surface area contributed by atoms with Crippen LogP contribution in [0, 0.1) is 6.92 Å². The zero-order chi connectivity index (χ0) is 13.1. The summed E-state index contributed by atoms with van der Waals surface area (Å²) >= 11 is 3.43. The molecule has 1 heterocycles. The molecule has 2 atom stereocenters. The predicted molar refractivity (Wildman–Crippen MR) is 74.5 cm³/mol. The van der Waals surface area contributed by atoms with Gasteiger partial charge in [0.2, 0.25) is 0 Å². The van der Waals surface area contributed by atoms with E-state index in [4.69, 9.17) is 10.5 Å². The Balaban J connectivity index is 1.97. The SMILES string of the molecule is Cc1cc(NC(=O)C2CCC(CN)O2)ccc1Br. The number of anilines is 1. The zero-order valence-electron chi connectivity index (χ0n) is 10.3. The summed E-state index contributed by atoms with van der Waals surface area (Å²) in [4.78, 5) is 12.0. The number of ether oxygens (including phenoxy) is 1. The monoisotopic (exact) mass is 312 g/mol. The minimum absolute atomic E-state index is 0.0207. The largest absolute Gasteiger partial charge is 0.364 e. The Morgan fingerprint density at radius 3 is 2.94 bits per heavy atom. The van der Waals surface area contributed by atoms with Gasteiger partial charge in [0.25, 0.3) is 5.91 Å². The lowest BCUT2D eigenvalue weighted by Gasteiger charge is -2.13. The first-order chi connectivity index (χ1) is 8.60. The Kier molecular flexibility index (Phi) is 4.37. The van der Waals surface area contributed by atoms with Crippen LogP contribution in [0.2, 0.25) is 0 Å². The fourth-order valence-corrected chi connectivity index (χ4v) is 2.26. The summed E-state index contributed by atoms with van der Waals surface area (Å²) in [5.41, 5.74) is 7.40. The highest BCUT2D eigenvalue weighted by Gasteiger charge is 2.29. The van der Waals surface area contributed by atoms with E-state index in [0.29, 0.717) is 6.54 Å². The number of benzene rings is 1. The van der Waals surface area contributed by atoms with Crippen LogP contribution in [0.15, 0.2) is 22.7 Å². The van der Waals surface area contributed by atoms with Crippen LogP contribution in [0.25, 0.3) is 0 Å². The Hall–Kier alpha value is -0.910. The molecule has 0 bridgehead atoms. The van der Waals surface area contributed by atoms with Crippen molar-refractivity contribution in [2.24, 2.45) is 5.73 Å². The summed E-state index contributed by atoms with van der Waals surface area (Å²) in [5, 5.41) is 2.87. The molecule has 1 fully saturated rings. The quantitative estimate of drug-likeness (QED) is 0.899. The molecule has 4 nitrogen and oxygen atoms in total. The maximum atomic E-state index is 12.0. The fourth-order valence-electron chi connectivity index (χ4n) is 2.02. The molecule has 0 aromatic heterocycles. The molecule has 98 valence electrons. The normalized spacial score (nSPS) is 23.1. The van der Waals surface area contributed by atoms with E-state index in [-0.39, 0.29) is 18.1 Å². The van der Waals surface area contributed by atoms with E-state index >= 15 is 0 Å². The first kappa shape index (κ1) is 13.5. The zero-order valence-corrected chi connectivity index (χ0v) is 11.9. The molecule has 0 aliphatic carbocycles. The first-order valence-electron chi connectivity index (χ1n) is 6.02. The smallest absolute Gasteiger partial charge is 0.253 e. The average molecular weight is 313 g/mol. The van der Waals surface area contributed by atoms with E-state index < -0.39 is 0 Å². The van der Waals surface area contributed by atoms with E-state index in [1.807, 2.05) is 25.1 Å². The molecule has 0 radical (unpaired) electrons. The standard InChI is InChI=1S/C13H17BrN2O2/c1-8-6-9(2-4-11(8)14)16-13(17)12-5-3-10(7-15)18-12/h2,4,6,10,12H,3,5,7,15H2,1H3,(H,16,17). The van der Waals surface area contributed by atoms with Crippen molar-refractivity contribution in [2.45, 2.75) is 32.0 Å². The van der Waals surface area contributed by atoms with Gasteiger partial charge in [-0.15, -0.1) is 0 Å². The average Bonchev–Trinajstić information content (AvgIpc) is 2.82. The molecule has 2 rings (SSSR count). The molecule has 1 aromatic rings. The highest BCUT2D eigenvalue weighted by molar-refractivity contribution is 9.10. The second-order valence-corrected chi connectivity index (χ2v) is 5.37. The summed E-state index contributed by atoms with van der Waals surface area (Å²) in [5.74, 6) is -0.0901. The number of carbonyl (C=O) groups excluding carboxylic acids is 1. The van der Waals surface area contributed by atoms with Crippen molar-refractivity contribution in [2.75, 3.05) is 11.9 Å². The summed E-state index contributed by atoms with van der Waals surface area (Å²) in [6.45, 7) is 2.46. The van der Waals surface area contributed by atoms with Gasteiger partial charge in [0.1, 0.15) is 6.10 Å². The number of halogens is 1. The van der Waals surface area contributed by atoms with Gasteiger partial charge in [0.15, 0.2) is 0 Å². The number of nitrogens with two attached hydrogens (primary N) is 1. The van der Waals surface area contributed by atoms with Gasteiger partial charge >= 0.3 is 0 Å². The Labute approximate surface area is 115 Å². The number of hydrogen-bond acceptors (Lipinski definition) is 3. The summed E-state index contributed by atoms with van der Waals surface area (Å²) in [6.07, 6.45) is 1.24. The van der Waals surface area contributed by atoms with Gasteiger partial charge in [0, 0.05) is 16.7 Å². The molecule has 3 N–H and O–H groups in total. The molecular weight excluding hydrogens is 296 g/mol. The van der Waals surface area contributed by atoms with Crippen LogP contribution in [0.4, 0.5) is 5.69 Å². The van der Waals surface area contributed by atoms with Crippen LogP contribution in [-0.2, 0) is 9.53 Å². The number of nitrogens with one attached hydrogen (secondary N) is 1. The Bertz CT molecular complexity index is 451. The van der Waals surface area contributed by atoms with Gasteiger partial charge < -0.3 is 15.8 Å². The highest BCUT2D eigenvalue weighted by atomic mass is 79.9. The Morgan fingerprint density at radius 1 is 1.56 bits per heavy atom. The summed E-state index contributed by atoms with van der Waals surface area (Å²) in [7, 11) is 0. The lowest BCUT2D eigenvalue weighted by Crippen LogP contribution is -2.29. The van der Waals surface area contributed by atoms with Crippen molar-refractivity contribution < 1.29 is 9.53 Å².